The Balaban J connectivity index is 1.05. The molecule has 4 nitrogen and oxygen atoms in total. The zero-order chi connectivity index (χ0) is 24.3. The molecular weight excluding hydrogens is 446 g/mol. The second kappa shape index (κ2) is 7.38. The van der Waals surface area contributed by atoms with Gasteiger partial charge in [0.25, 0.3) is 0 Å². The van der Waals surface area contributed by atoms with Crippen molar-refractivity contribution in [2.75, 3.05) is 7.11 Å². The lowest BCUT2D eigenvalue weighted by Crippen LogP contribution is -2.64. The first-order chi connectivity index (χ1) is 17.5. The molecule has 0 aromatic heterocycles. The molecule has 9 atom stereocenters. The van der Waals surface area contributed by atoms with Crippen molar-refractivity contribution in [2.24, 2.45) is 51.8 Å². The summed E-state index contributed by atoms with van der Waals surface area (Å²) in [5, 5.41) is 0. The van der Waals surface area contributed by atoms with Gasteiger partial charge in [-0.3, -0.25) is 9.59 Å². The Morgan fingerprint density at radius 2 is 1.67 bits per heavy atom. The molecular formula is C32H41NO3. The van der Waals surface area contributed by atoms with Crippen molar-refractivity contribution in [1.29, 1.82) is 0 Å². The second-order valence-corrected chi connectivity index (χ2v) is 14.4. The van der Waals surface area contributed by atoms with Gasteiger partial charge in [0.1, 0.15) is 0 Å². The zero-order valence-electron chi connectivity index (χ0n) is 21.8. The van der Waals surface area contributed by atoms with Gasteiger partial charge in [0.05, 0.1) is 12.5 Å². The van der Waals surface area contributed by atoms with Gasteiger partial charge in [0.2, 0.25) is 5.91 Å². The Kier molecular flexibility index (Phi) is 4.55. The average Bonchev–Trinajstić information content (AvgIpc) is 3.43. The largest absolute Gasteiger partial charge is 0.469 e. The summed E-state index contributed by atoms with van der Waals surface area (Å²) in [4.78, 5) is 29.1. The van der Waals surface area contributed by atoms with Crippen molar-refractivity contribution in [3.63, 3.8) is 0 Å². The molecule has 1 aliphatic heterocycles. The number of benzene rings is 1. The van der Waals surface area contributed by atoms with Crippen LogP contribution in [0.2, 0.25) is 0 Å². The topological polar surface area (TPSA) is 46.6 Å². The molecule has 1 heterocycles. The van der Waals surface area contributed by atoms with E-state index in [9.17, 15) is 9.59 Å². The van der Waals surface area contributed by atoms with Gasteiger partial charge in [-0.1, -0.05) is 37.1 Å². The van der Waals surface area contributed by atoms with E-state index in [1.165, 1.54) is 62.5 Å². The minimum Gasteiger partial charge on any atom is -0.469 e. The fourth-order valence-corrected chi connectivity index (χ4v) is 12.1. The molecule has 6 saturated carbocycles. The van der Waals surface area contributed by atoms with Gasteiger partial charge in [-0.2, -0.15) is 0 Å². The maximum absolute atomic E-state index is 13.8. The number of methoxy groups -OCH3 is 1. The highest BCUT2D eigenvalue weighted by atomic mass is 16.5. The predicted molar refractivity (Wildman–Crippen MR) is 136 cm³/mol. The summed E-state index contributed by atoms with van der Waals surface area (Å²) < 4.78 is 5.45. The Morgan fingerprint density at radius 1 is 0.917 bits per heavy atom. The molecule has 0 radical (unpaired) electrons. The van der Waals surface area contributed by atoms with Crippen molar-refractivity contribution in [3.05, 3.63) is 35.4 Å². The number of carbonyl (C=O) groups excluding carboxylic acids is 2. The average molecular weight is 488 g/mol. The second-order valence-electron chi connectivity index (χ2n) is 14.4. The fourth-order valence-electron chi connectivity index (χ4n) is 12.1. The monoisotopic (exact) mass is 487 g/mol. The van der Waals surface area contributed by atoms with Crippen LogP contribution < -0.4 is 0 Å². The van der Waals surface area contributed by atoms with Crippen LogP contribution in [0.1, 0.15) is 88.2 Å². The van der Waals surface area contributed by atoms with Crippen LogP contribution in [0.3, 0.4) is 0 Å². The van der Waals surface area contributed by atoms with Gasteiger partial charge in [-0.05, 0) is 116 Å². The summed E-state index contributed by atoms with van der Waals surface area (Å²) >= 11 is 0. The SMILES string of the molecule is COC(=O)C12CCCC3CC1C(C14CC5CC(C(=O)N6Cc7ccccc7C6)CC(C1)C(C5)C4)(C3)C2. The first kappa shape index (κ1) is 22.2. The third kappa shape index (κ3) is 2.72. The van der Waals surface area contributed by atoms with Crippen molar-refractivity contribution in [2.45, 2.75) is 90.1 Å². The molecule has 6 fully saturated rings. The molecule has 36 heavy (non-hydrogen) atoms. The first-order valence-electron chi connectivity index (χ1n) is 14.9. The number of hydrogen-bond donors (Lipinski definition) is 0. The molecule has 1 aromatic rings. The summed E-state index contributed by atoms with van der Waals surface area (Å²) in [6.45, 7) is 1.60. The van der Waals surface area contributed by atoms with Gasteiger partial charge in [-0.15, -0.1) is 0 Å². The van der Waals surface area contributed by atoms with E-state index in [1.54, 1.807) is 7.11 Å². The van der Waals surface area contributed by atoms with Gasteiger partial charge < -0.3 is 9.64 Å². The highest BCUT2D eigenvalue weighted by Gasteiger charge is 2.78. The number of ether oxygens (including phenoxy) is 1. The molecule has 0 saturated heterocycles. The quantitative estimate of drug-likeness (QED) is 0.483. The van der Waals surface area contributed by atoms with E-state index in [-0.39, 0.29) is 17.3 Å². The van der Waals surface area contributed by atoms with Crippen LogP contribution in [-0.4, -0.2) is 23.9 Å². The molecule has 9 unspecified atom stereocenters. The molecule has 0 spiro atoms. The molecule has 5 bridgehead atoms. The number of amides is 1. The summed E-state index contributed by atoms with van der Waals surface area (Å²) in [5.41, 5.74) is 3.30. The Hall–Kier alpha value is -1.84. The van der Waals surface area contributed by atoms with E-state index in [0.29, 0.717) is 34.5 Å². The fraction of sp³-hybridized carbons (Fsp3) is 0.750. The lowest BCUT2D eigenvalue weighted by Gasteiger charge is -2.67. The van der Waals surface area contributed by atoms with Crippen LogP contribution in [0.25, 0.3) is 0 Å². The summed E-state index contributed by atoms with van der Waals surface area (Å²) in [6, 6.07) is 8.58. The smallest absolute Gasteiger partial charge is 0.312 e. The predicted octanol–water partition coefficient (Wildman–Crippen LogP) is 6.12. The van der Waals surface area contributed by atoms with E-state index in [1.807, 2.05) is 0 Å². The van der Waals surface area contributed by atoms with Crippen molar-refractivity contribution >= 4 is 11.9 Å². The van der Waals surface area contributed by atoms with Crippen molar-refractivity contribution in [1.82, 2.24) is 4.90 Å². The van der Waals surface area contributed by atoms with Crippen LogP contribution in [0.15, 0.2) is 24.3 Å². The van der Waals surface area contributed by atoms with Gasteiger partial charge in [0.15, 0.2) is 0 Å². The molecule has 1 amide bonds. The zero-order valence-corrected chi connectivity index (χ0v) is 21.8. The van der Waals surface area contributed by atoms with E-state index in [4.69, 9.17) is 4.74 Å². The highest BCUT2D eigenvalue weighted by Crippen LogP contribution is 2.83. The number of carbonyl (C=O) groups is 2. The minimum absolute atomic E-state index is 0.102. The molecule has 7 aliphatic rings. The standard InChI is InChI=1S/C32H41NO3/c1-36-29(35)31-8-4-5-20-11-27(31)32(14-20,19-31)30-13-21-9-24(12-26(16-30)25(10-21)15-30)28(34)33-17-22-6-2-3-7-23(22)18-33/h2-3,6-7,20-21,24-27H,4-5,8-19H2,1H3. The Morgan fingerprint density at radius 3 is 2.42 bits per heavy atom. The molecule has 8 rings (SSSR count). The van der Waals surface area contributed by atoms with Crippen molar-refractivity contribution in [3.8, 4) is 0 Å². The van der Waals surface area contributed by atoms with E-state index < -0.39 is 0 Å². The summed E-state index contributed by atoms with van der Waals surface area (Å²) in [6.07, 6.45) is 14.9. The van der Waals surface area contributed by atoms with Crippen LogP contribution in [-0.2, 0) is 27.4 Å². The number of nitrogens with zero attached hydrogens (tertiary/aromatic N) is 1. The van der Waals surface area contributed by atoms with Crippen LogP contribution in [0.5, 0.6) is 0 Å². The first-order valence-corrected chi connectivity index (χ1v) is 14.9. The summed E-state index contributed by atoms with van der Waals surface area (Å²) in [7, 11) is 1.61. The lowest BCUT2D eigenvalue weighted by molar-refractivity contribution is -0.220. The van der Waals surface area contributed by atoms with Crippen LogP contribution in [0.4, 0.5) is 0 Å². The number of fused-ring (bicyclic) bond motifs is 5. The third-order valence-corrected chi connectivity index (χ3v) is 13.1. The Labute approximate surface area is 215 Å². The molecule has 0 N–H and O–H groups in total. The number of rotatable bonds is 3. The van der Waals surface area contributed by atoms with Crippen LogP contribution in [0, 0.1) is 51.8 Å². The summed E-state index contributed by atoms with van der Waals surface area (Å²) in [5.74, 6) is 4.34. The number of esters is 1. The van der Waals surface area contributed by atoms with Crippen molar-refractivity contribution < 1.29 is 14.3 Å². The Bertz CT molecular complexity index is 1100. The minimum atomic E-state index is -0.178. The van der Waals surface area contributed by atoms with E-state index in [2.05, 4.69) is 29.2 Å². The molecule has 4 heteroatoms. The third-order valence-electron chi connectivity index (χ3n) is 13.1. The maximum Gasteiger partial charge on any atom is 0.312 e. The van der Waals surface area contributed by atoms with E-state index >= 15 is 0 Å². The molecule has 192 valence electrons. The normalized spacial score (nSPS) is 47.6. The van der Waals surface area contributed by atoms with Gasteiger partial charge >= 0.3 is 5.97 Å². The van der Waals surface area contributed by atoms with E-state index in [0.717, 1.165) is 50.6 Å². The lowest BCUT2D eigenvalue weighted by atomic mass is 9.36. The van der Waals surface area contributed by atoms with Gasteiger partial charge in [0, 0.05) is 19.0 Å². The van der Waals surface area contributed by atoms with Crippen LogP contribution >= 0.6 is 0 Å². The number of hydrogen-bond acceptors (Lipinski definition) is 3. The highest BCUT2D eigenvalue weighted by molar-refractivity contribution is 5.80. The molecule has 1 aromatic carbocycles. The molecule has 6 aliphatic carbocycles. The maximum atomic E-state index is 13.8. The van der Waals surface area contributed by atoms with Gasteiger partial charge in [-0.25, -0.2) is 0 Å².